The molecule has 3 aromatic rings. The first kappa shape index (κ1) is 21.2. The Morgan fingerprint density at radius 1 is 1.09 bits per heavy atom. The molecule has 3 heterocycles. The van der Waals surface area contributed by atoms with E-state index in [1.165, 1.54) is 0 Å². The van der Waals surface area contributed by atoms with Crippen molar-refractivity contribution in [1.29, 1.82) is 0 Å². The predicted molar refractivity (Wildman–Crippen MR) is 125 cm³/mol. The minimum atomic E-state index is -0.117. The molecule has 7 heteroatoms. The highest BCUT2D eigenvalue weighted by atomic mass is 79.9. The van der Waals surface area contributed by atoms with Gasteiger partial charge < -0.3 is 14.3 Å². The Morgan fingerprint density at radius 2 is 1.84 bits per heavy atom. The number of amides is 2. The molecule has 1 unspecified atom stereocenters. The monoisotopic (exact) mass is 495 g/mol. The van der Waals surface area contributed by atoms with E-state index in [0.29, 0.717) is 24.4 Å². The summed E-state index contributed by atoms with van der Waals surface area (Å²) < 4.78 is 6.40. The number of carbonyl (C=O) groups is 2. The Morgan fingerprint density at radius 3 is 2.56 bits per heavy atom. The lowest BCUT2D eigenvalue weighted by Gasteiger charge is -2.57. The molecule has 2 saturated heterocycles. The second kappa shape index (κ2) is 8.35. The lowest BCUT2D eigenvalue weighted by Crippen LogP contribution is -2.67. The zero-order valence-corrected chi connectivity index (χ0v) is 19.7. The summed E-state index contributed by atoms with van der Waals surface area (Å²) in [6, 6.07) is 15.6. The van der Waals surface area contributed by atoms with Crippen LogP contribution in [0.1, 0.15) is 42.3 Å². The molecule has 2 fully saturated rings. The van der Waals surface area contributed by atoms with Gasteiger partial charge in [0, 0.05) is 35.6 Å². The number of benzene rings is 2. The maximum Gasteiger partial charge on any atom is 0.293 e. The number of piperidine rings is 1. The van der Waals surface area contributed by atoms with Crippen LogP contribution in [0.2, 0.25) is 0 Å². The minimum Gasteiger partial charge on any atom is -0.350 e. The van der Waals surface area contributed by atoms with Crippen LogP contribution in [0.25, 0.3) is 10.9 Å². The first-order chi connectivity index (χ1) is 15.5. The third-order valence-corrected chi connectivity index (χ3v) is 7.54. The predicted octanol–water partition coefficient (Wildman–Crippen LogP) is 4.68. The normalized spacial score (nSPS) is 18.6. The van der Waals surface area contributed by atoms with E-state index in [-0.39, 0.29) is 23.3 Å². The summed E-state index contributed by atoms with van der Waals surface area (Å²) in [5.74, 6) is 0.341. The van der Waals surface area contributed by atoms with E-state index in [2.05, 4.69) is 38.1 Å². The van der Waals surface area contributed by atoms with E-state index < -0.39 is 0 Å². The summed E-state index contributed by atoms with van der Waals surface area (Å²) in [6.45, 7) is 4.07. The molecule has 2 aliphatic heterocycles. The summed E-state index contributed by atoms with van der Waals surface area (Å²) in [5.41, 5.74) is 1.75. The maximum atomic E-state index is 13.2. The van der Waals surface area contributed by atoms with Crippen LogP contribution in [0, 0.1) is 5.92 Å². The second-order valence-corrected chi connectivity index (χ2v) is 9.94. The number of carbonyl (C=O) groups excluding carboxylic acids is 2. The average Bonchev–Trinajstić information content (AvgIpc) is 3.22. The summed E-state index contributed by atoms with van der Waals surface area (Å²) in [6.07, 6.45) is 3.35. The third kappa shape index (κ3) is 3.72. The zero-order valence-electron chi connectivity index (χ0n) is 18.1. The van der Waals surface area contributed by atoms with Gasteiger partial charge in [0.2, 0.25) is 11.7 Å². The van der Waals surface area contributed by atoms with Crippen LogP contribution in [-0.4, -0.2) is 51.9 Å². The molecule has 166 valence electrons. The highest BCUT2D eigenvalue weighted by molar-refractivity contribution is 9.10. The van der Waals surface area contributed by atoms with Gasteiger partial charge in [-0.15, -0.1) is 0 Å². The van der Waals surface area contributed by atoms with E-state index in [1.54, 1.807) is 0 Å². The molecule has 5 rings (SSSR count). The molecule has 0 saturated carbocycles. The van der Waals surface area contributed by atoms with Crippen molar-refractivity contribution < 1.29 is 14.1 Å². The smallest absolute Gasteiger partial charge is 0.293 e. The van der Waals surface area contributed by atoms with Crippen LogP contribution in [0.5, 0.6) is 0 Å². The number of hydrogen-bond acceptors (Lipinski definition) is 4. The van der Waals surface area contributed by atoms with Crippen molar-refractivity contribution in [2.24, 2.45) is 5.92 Å². The minimum absolute atomic E-state index is 0.0679. The number of nitrogens with zero attached hydrogens (tertiary/aromatic N) is 3. The Kier molecular flexibility index (Phi) is 5.53. The van der Waals surface area contributed by atoms with Gasteiger partial charge in [-0.2, -0.15) is 0 Å². The zero-order chi connectivity index (χ0) is 22.3. The molecule has 6 nitrogen and oxygen atoms in total. The molecule has 2 aromatic carbocycles. The van der Waals surface area contributed by atoms with Crippen molar-refractivity contribution in [2.45, 2.75) is 38.1 Å². The molecule has 1 atom stereocenters. The van der Waals surface area contributed by atoms with E-state index in [0.717, 1.165) is 47.7 Å². The fraction of sp³-hybridized carbons (Fsp3) is 0.400. The fourth-order valence-electron chi connectivity index (χ4n) is 5.09. The third-order valence-electron chi connectivity index (χ3n) is 7.05. The highest BCUT2D eigenvalue weighted by Crippen LogP contribution is 2.41. The molecule has 32 heavy (non-hydrogen) atoms. The molecule has 2 amide bonds. The lowest BCUT2D eigenvalue weighted by atomic mass is 9.75. The summed E-state index contributed by atoms with van der Waals surface area (Å²) in [4.78, 5) is 30.2. The van der Waals surface area contributed by atoms with Crippen LogP contribution in [-0.2, 0) is 11.2 Å². The summed E-state index contributed by atoms with van der Waals surface area (Å²) in [5, 5.41) is 4.76. The average molecular weight is 496 g/mol. The molecule has 0 radical (unpaired) electrons. The number of rotatable bonds is 4. The maximum absolute atomic E-state index is 13.2. The Balaban J connectivity index is 1.23. The molecular weight excluding hydrogens is 470 g/mol. The Labute approximate surface area is 195 Å². The number of fused-ring (bicyclic) bond motifs is 1. The van der Waals surface area contributed by atoms with Crippen LogP contribution >= 0.6 is 15.9 Å². The summed E-state index contributed by atoms with van der Waals surface area (Å²) >= 11 is 3.51. The number of halogens is 1. The lowest BCUT2D eigenvalue weighted by molar-refractivity contribution is -0.155. The first-order valence-electron chi connectivity index (χ1n) is 11.2. The number of likely N-dealkylation sites (tertiary alicyclic amines) is 2. The van der Waals surface area contributed by atoms with Gasteiger partial charge in [-0.25, -0.2) is 0 Å². The summed E-state index contributed by atoms with van der Waals surface area (Å²) in [7, 11) is 0. The van der Waals surface area contributed by atoms with E-state index >= 15 is 0 Å². The Hall–Kier alpha value is -2.67. The van der Waals surface area contributed by atoms with Gasteiger partial charge in [0.05, 0.1) is 5.39 Å². The fourth-order valence-corrected chi connectivity index (χ4v) is 5.53. The van der Waals surface area contributed by atoms with Gasteiger partial charge in [-0.1, -0.05) is 52.3 Å². The van der Waals surface area contributed by atoms with E-state index in [1.807, 2.05) is 48.2 Å². The molecule has 1 spiro atoms. The second-order valence-electron chi connectivity index (χ2n) is 9.02. The largest absolute Gasteiger partial charge is 0.350 e. The van der Waals surface area contributed by atoms with Crippen LogP contribution in [0.15, 0.2) is 57.5 Å². The van der Waals surface area contributed by atoms with Crippen molar-refractivity contribution in [3.05, 3.63) is 64.3 Å². The van der Waals surface area contributed by atoms with Gasteiger partial charge in [-0.3, -0.25) is 9.59 Å². The van der Waals surface area contributed by atoms with Gasteiger partial charge in [0.25, 0.3) is 5.91 Å². The molecule has 0 bridgehead atoms. The standard InChI is InChI=1S/C25H26BrN3O3/c1-17(15-18-5-4-6-19(26)16-18)23(30)29-14-11-25(29)9-12-28(13-10-25)24(31)22-20-7-2-3-8-21(20)27-32-22/h2-8,16-17H,9-15H2,1H3. The molecule has 2 aliphatic rings. The molecular formula is C25H26BrN3O3. The SMILES string of the molecule is CC(Cc1cccc(Br)c1)C(=O)N1CCC12CCN(C(=O)c1onc3ccccc13)CC2. The topological polar surface area (TPSA) is 66.7 Å². The number of hydrogen-bond donors (Lipinski definition) is 0. The Bertz CT molecular complexity index is 1170. The van der Waals surface area contributed by atoms with Gasteiger partial charge >= 0.3 is 0 Å². The molecule has 1 aromatic heterocycles. The van der Waals surface area contributed by atoms with Crippen molar-refractivity contribution >= 4 is 38.6 Å². The van der Waals surface area contributed by atoms with E-state index in [9.17, 15) is 9.59 Å². The first-order valence-corrected chi connectivity index (χ1v) is 12.0. The van der Waals surface area contributed by atoms with Crippen LogP contribution in [0.4, 0.5) is 0 Å². The van der Waals surface area contributed by atoms with Crippen LogP contribution in [0.3, 0.4) is 0 Å². The van der Waals surface area contributed by atoms with Crippen molar-refractivity contribution in [1.82, 2.24) is 15.0 Å². The van der Waals surface area contributed by atoms with Crippen molar-refractivity contribution in [3.63, 3.8) is 0 Å². The highest BCUT2D eigenvalue weighted by Gasteiger charge is 2.50. The molecule has 0 N–H and O–H groups in total. The van der Waals surface area contributed by atoms with Gasteiger partial charge in [0.1, 0.15) is 5.52 Å². The van der Waals surface area contributed by atoms with Gasteiger partial charge in [-0.05, 0) is 55.5 Å². The van der Waals surface area contributed by atoms with Crippen LogP contribution < -0.4 is 0 Å². The number of aromatic nitrogens is 1. The molecule has 0 aliphatic carbocycles. The quantitative estimate of drug-likeness (QED) is 0.527. The van der Waals surface area contributed by atoms with E-state index in [4.69, 9.17) is 4.52 Å². The van der Waals surface area contributed by atoms with Crippen molar-refractivity contribution in [2.75, 3.05) is 19.6 Å². The van der Waals surface area contributed by atoms with Gasteiger partial charge in [0.15, 0.2) is 0 Å². The van der Waals surface area contributed by atoms with Crippen molar-refractivity contribution in [3.8, 4) is 0 Å².